The third kappa shape index (κ3) is 3.90. The number of H-pyrrole nitrogens is 1. The van der Waals surface area contributed by atoms with Gasteiger partial charge in [0.1, 0.15) is 16.9 Å². The summed E-state index contributed by atoms with van der Waals surface area (Å²) in [5.41, 5.74) is 3.93. The van der Waals surface area contributed by atoms with Crippen molar-refractivity contribution in [1.82, 2.24) is 30.5 Å². The summed E-state index contributed by atoms with van der Waals surface area (Å²) in [7, 11) is 0. The lowest BCUT2D eigenvalue weighted by molar-refractivity contribution is -0.138. The minimum Gasteiger partial charge on any atom is -0.356 e. The Morgan fingerprint density at radius 2 is 1.72 bits per heavy atom. The molecule has 1 spiro atoms. The summed E-state index contributed by atoms with van der Waals surface area (Å²) < 4.78 is 0. The van der Waals surface area contributed by atoms with Crippen LogP contribution in [0.1, 0.15) is 43.4 Å². The fourth-order valence-electron chi connectivity index (χ4n) is 7.54. The van der Waals surface area contributed by atoms with E-state index in [9.17, 15) is 9.59 Å². The second kappa shape index (κ2) is 9.88. The molecule has 2 bridgehead atoms. The minimum atomic E-state index is -0.874. The molecule has 2 aromatic carbocycles. The number of rotatable bonds is 3. The van der Waals surface area contributed by atoms with Gasteiger partial charge in [0, 0.05) is 55.6 Å². The molecule has 3 saturated heterocycles. The monoisotopic (exact) mass is 525 g/mol. The van der Waals surface area contributed by atoms with Gasteiger partial charge in [-0.05, 0) is 44.7 Å². The molecule has 3 aromatic rings. The van der Waals surface area contributed by atoms with Crippen LogP contribution in [-0.2, 0) is 21.7 Å². The number of carbonyl (C=O) groups is 2. The Labute approximate surface area is 228 Å². The van der Waals surface area contributed by atoms with Crippen molar-refractivity contribution in [2.24, 2.45) is 5.92 Å². The molecule has 2 N–H and O–H groups in total. The van der Waals surface area contributed by atoms with Gasteiger partial charge in [-0.15, -0.1) is 0 Å². The summed E-state index contributed by atoms with van der Waals surface area (Å²) in [4.78, 5) is 34.9. The third-order valence-electron chi connectivity index (χ3n) is 9.18. The van der Waals surface area contributed by atoms with Crippen LogP contribution in [0.15, 0.2) is 54.6 Å². The number of fused-ring (bicyclic) bond motifs is 4. The van der Waals surface area contributed by atoms with E-state index in [0.717, 1.165) is 79.9 Å². The Bertz CT molecular complexity index is 1370. The molecular weight excluding hydrogens is 490 g/mol. The zero-order chi connectivity index (χ0) is 26.4. The van der Waals surface area contributed by atoms with Crippen molar-refractivity contribution in [2.75, 3.05) is 37.6 Å². The predicted molar refractivity (Wildman–Crippen MR) is 148 cm³/mol. The van der Waals surface area contributed by atoms with Crippen molar-refractivity contribution in [1.29, 1.82) is 0 Å². The first-order valence-electron chi connectivity index (χ1n) is 14.3. The number of nitrogens with one attached hydrogen (secondary N) is 2. The third-order valence-corrected chi connectivity index (χ3v) is 9.18. The molecule has 9 heteroatoms. The standard InChI is InChI=1S/C30H35N7O2/c38-28-24-19-22-11-6-18-37(22)30(24)23-12-4-5-13-26(23)36(29(30)39)17-8-16-35(15-7-14-31-28)20-25-27(33-34-32-25)21-9-2-1-3-10-21/h1-5,9-10,12-13,22,24H,6-8,11,14-20H2,(H,31,38)(H,32,33,34)/t22-,24-,30+/m0/s1. The molecule has 1 aromatic heterocycles. The van der Waals surface area contributed by atoms with Crippen molar-refractivity contribution in [3.05, 3.63) is 65.9 Å². The van der Waals surface area contributed by atoms with Crippen LogP contribution < -0.4 is 10.2 Å². The number of benzene rings is 2. The van der Waals surface area contributed by atoms with Crippen LogP contribution in [0.3, 0.4) is 0 Å². The number of aromatic amines is 1. The Balaban J connectivity index is 1.18. The van der Waals surface area contributed by atoms with E-state index in [2.05, 4.69) is 42.7 Å². The zero-order valence-corrected chi connectivity index (χ0v) is 22.2. The number of hydrogen-bond acceptors (Lipinski definition) is 6. The number of hydrogen-bond donors (Lipinski definition) is 2. The molecule has 202 valence electrons. The first-order valence-corrected chi connectivity index (χ1v) is 14.3. The smallest absolute Gasteiger partial charge is 0.253 e. The predicted octanol–water partition coefficient (Wildman–Crippen LogP) is 2.91. The highest BCUT2D eigenvalue weighted by Crippen LogP contribution is 2.57. The van der Waals surface area contributed by atoms with E-state index >= 15 is 0 Å². The Morgan fingerprint density at radius 1 is 0.897 bits per heavy atom. The lowest BCUT2D eigenvalue weighted by Gasteiger charge is -2.37. The molecule has 3 atom stereocenters. The Kier molecular flexibility index (Phi) is 6.20. The highest BCUT2D eigenvalue weighted by Gasteiger charge is 2.66. The maximum Gasteiger partial charge on any atom is 0.253 e. The number of anilines is 1. The molecule has 0 unspecified atom stereocenters. The maximum atomic E-state index is 14.5. The average molecular weight is 526 g/mol. The number of carbonyl (C=O) groups excluding carboxylic acids is 2. The molecule has 9 nitrogen and oxygen atoms in total. The molecule has 0 saturated carbocycles. The fourth-order valence-corrected chi connectivity index (χ4v) is 7.54. The molecule has 2 amide bonds. The first-order chi connectivity index (χ1) is 19.2. The van der Waals surface area contributed by atoms with E-state index in [4.69, 9.17) is 0 Å². The number of amides is 2. The Hall–Kier alpha value is -3.56. The van der Waals surface area contributed by atoms with Gasteiger partial charge in [0.15, 0.2) is 0 Å². The van der Waals surface area contributed by atoms with Gasteiger partial charge in [-0.2, -0.15) is 15.4 Å². The van der Waals surface area contributed by atoms with Crippen LogP contribution in [0.4, 0.5) is 5.69 Å². The molecule has 3 fully saturated rings. The van der Waals surface area contributed by atoms with Gasteiger partial charge in [0.2, 0.25) is 5.91 Å². The van der Waals surface area contributed by atoms with Crippen LogP contribution in [0.25, 0.3) is 11.3 Å². The van der Waals surface area contributed by atoms with Crippen molar-refractivity contribution >= 4 is 17.5 Å². The number of nitrogens with zero attached hydrogens (tertiary/aromatic N) is 5. The molecule has 4 aliphatic rings. The van der Waals surface area contributed by atoms with Crippen molar-refractivity contribution in [3.63, 3.8) is 0 Å². The summed E-state index contributed by atoms with van der Waals surface area (Å²) in [5, 5.41) is 14.9. The van der Waals surface area contributed by atoms with Crippen LogP contribution in [0.5, 0.6) is 0 Å². The van der Waals surface area contributed by atoms with Gasteiger partial charge < -0.3 is 10.2 Å². The van der Waals surface area contributed by atoms with Gasteiger partial charge in [-0.3, -0.25) is 19.4 Å². The van der Waals surface area contributed by atoms with E-state index in [1.807, 2.05) is 47.4 Å². The second-order valence-corrected chi connectivity index (χ2v) is 11.3. The normalized spacial score (nSPS) is 27.7. The SMILES string of the molecule is O=C1NCCCN(Cc2n[nH]nc2-c2ccccc2)CCCN2C(=O)[C@@]3(c4ccccc42)[C@H]1C[C@@H]1CCCN13. The van der Waals surface area contributed by atoms with Crippen LogP contribution in [0.2, 0.25) is 0 Å². The highest BCUT2D eigenvalue weighted by molar-refractivity contribution is 6.10. The zero-order valence-electron chi connectivity index (χ0n) is 22.2. The minimum absolute atomic E-state index is 0.0167. The van der Waals surface area contributed by atoms with Crippen LogP contribution in [0, 0.1) is 5.92 Å². The van der Waals surface area contributed by atoms with E-state index in [-0.39, 0.29) is 17.7 Å². The molecule has 0 aliphatic carbocycles. The van der Waals surface area contributed by atoms with E-state index in [1.165, 1.54) is 0 Å². The van der Waals surface area contributed by atoms with E-state index in [1.54, 1.807) is 0 Å². The second-order valence-electron chi connectivity index (χ2n) is 11.3. The maximum absolute atomic E-state index is 14.5. The van der Waals surface area contributed by atoms with Gasteiger partial charge in [-0.1, -0.05) is 48.5 Å². The molecule has 5 heterocycles. The number of aromatic nitrogens is 3. The Morgan fingerprint density at radius 3 is 2.62 bits per heavy atom. The first kappa shape index (κ1) is 24.5. The summed E-state index contributed by atoms with van der Waals surface area (Å²) in [5.74, 6) is -0.258. The van der Waals surface area contributed by atoms with E-state index < -0.39 is 5.54 Å². The van der Waals surface area contributed by atoms with E-state index in [0.29, 0.717) is 25.7 Å². The summed E-state index contributed by atoms with van der Waals surface area (Å²) in [6, 6.07) is 18.6. The van der Waals surface area contributed by atoms with Crippen LogP contribution in [-0.4, -0.2) is 75.8 Å². The number of para-hydroxylation sites is 1. The summed E-state index contributed by atoms with van der Waals surface area (Å²) >= 11 is 0. The topological polar surface area (TPSA) is 97.5 Å². The van der Waals surface area contributed by atoms with Crippen molar-refractivity contribution < 1.29 is 9.59 Å². The van der Waals surface area contributed by atoms with Gasteiger partial charge in [-0.25, -0.2) is 0 Å². The van der Waals surface area contributed by atoms with Crippen molar-refractivity contribution in [2.45, 2.75) is 50.2 Å². The van der Waals surface area contributed by atoms with Gasteiger partial charge in [0.25, 0.3) is 5.91 Å². The molecule has 0 radical (unpaired) electrons. The highest BCUT2D eigenvalue weighted by atomic mass is 16.2. The lowest BCUT2D eigenvalue weighted by Crippen LogP contribution is -2.56. The van der Waals surface area contributed by atoms with Crippen molar-refractivity contribution in [3.8, 4) is 11.3 Å². The summed E-state index contributed by atoms with van der Waals surface area (Å²) in [6.07, 6.45) is 4.57. The molecule has 7 rings (SSSR count). The molecule has 39 heavy (non-hydrogen) atoms. The largest absolute Gasteiger partial charge is 0.356 e. The quantitative estimate of drug-likeness (QED) is 0.546. The van der Waals surface area contributed by atoms with Gasteiger partial charge >= 0.3 is 0 Å². The lowest BCUT2D eigenvalue weighted by atomic mass is 9.78. The fraction of sp³-hybridized carbons (Fsp3) is 0.467. The molecular formula is C30H35N7O2. The van der Waals surface area contributed by atoms with Crippen LogP contribution >= 0.6 is 0 Å². The summed E-state index contributed by atoms with van der Waals surface area (Å²) in [6.45, 7) is 4.40. The average Bonchev–Trinajstić information content (AvgIpc) is 3.72. The van der Waals surface area contributed by atoms with Gasteiger partial charge in [0.05, 0.1) is 5.92 Å². The molecule has 4 aliphatic heterocycles.